The van der Waals surface area contributed by atoms with Crippen molar-refractivity contribution in [2.45, 2.75) is 25.3 Å². The van der Waals surface area contributed by atoms with Gasteiger partial charge in [-0.3, -0.25) is 9.59 Å². The molecule has 0 aromatic rings. The third kappa shape index (κ3) is 2.28. The van der Waals surface area contributed by atoms with Gasteiger partial charge in [0.25, 0.3) is 0 Å². The average Bonchev–Trinajstić information content (AvgIpc) is 2.77. The number of likely N-dealkylation sites (tertiary alicyclic amines) is 2. The molecule has 2 heterocycles. The van der Waals surface area contributed by atoms with Gasteiger partial charge in [0, 0.05) is 32.1 Å². The van der Waals surface area contributed by atoms with E-state index in [9.17, 15) is 9.59 Å². The maximum Gasteiger partial charge on any atom is 0.242 e. The van der Waals surface area contributed by atoms with Gasteiger partial charge in [0.2, 0.25) is 11.8 Å². The zero-order chi connectivity index (χ0) is 10.8. The normalized spacial score (nSPS) is 26.5. The molecule has 15 heavy (non-hydrogen) atoms. The first-order chi connectivity index (χ1) is 7.16. The van der Waals surface area contributed by atoms with Crippen molar-refractivity contribution in [2.75, 3.05) is 26.2 Å². The Morgan fingerprint density at radius 1 is 1.47 bits per heavy atom. The minimum absolute atomic E-state index is 0.0400. The van der Waals surface area contributed by atoms with Gasteiger partial charge >= 0.3 is 0 Å². The summed E-state index contributed by atoms with van der Waals surface area (Å²) in [5.74, 6) is 0.144. The lowest BCUT2D eigenvalue weighted by Gasteiger charge is -2.20. The first kappa shape index (κ1) is 10.4. The van der Waals surface area contributed by atoms with Crippen LogP contribution < -0.4 is 5.73 Å². The molecule has 0 bridgehead atoms. The Balaban J connectivity index is 1.84. The van der Waals surface area contributed by atoms with Crippen LogP contribution in [0.1, 0.15) is 19.3 Å². The molecule has 2 aliphatic heterocycles. The number of nitrogens with zero attached hydrogens (tertiary/aromatic N) is 2. The highest BCUT2D eigenvalue weighted by atomic mass is 16.2. The van der Waals surface area contributed by atoms with Crippen molar-refractivity contribution < 1.29 is 9.59 Å². The Labute approximate surface area is 89.2 Å². The van der Waals surface area contributed by atoms with Gasteiger partial charge in [-0.1, -0.05) is 0 Å². The van der Waals surface area contributed by atoms with E-state index >= 15 is 0 Å². The smallest absolute Gasteiger partial charge is 0.242 e. The van der Waals surface area contributed by atoms with Crippen LogP contribution in [0.15, 0.2) is 0 Å². The van der Waals surface area contributed by atoms with Gasteiger partial charge in [0.05, 0.1) is 6.54 Å². The molecule has 0 aromatic carbocycles. The SMILES string of the molecule is NC1CCN(C(=O)CN2CCCC2=O)C1. The predicted octanol–water partition coefficient (Wildman–Crippen LogP) is -0.832. The fraction of sp³-hybridized carbons (Fsp3) is 0.800. The Hall–Kier alpha value is -1.10. The summed E-state index contributed by atoms with van der Waals surface area (Å²) in [4.78, 5) is 26.5. The van der Waals surface area contributed by atoms with Gasteiger partial charge in [0.15, 0.2) is 0 Å². The van der Waals surface area contributed by atoms with Gasteiger partial charge in [-0.05, 0) is 12.8 Å². The number of rotatable bonds is 2. The maximum absolute atomic E-state index is 11.8. The van der Waals surface area contributed by atoms with Gasteiger partial charge in [-0.2, -0.15) is 0 Å². The average molecular weight is 211 g/mol. The zero-order valence-corrected chi connectivity index (χ0v) is 8.82. The zero-order valence-electron chi connectivity index (χ0n) is 8.82. The van der Waals surface area contributed by atoms with E-state index < -0.39 is 0 Å². The summed E-state index contributed by atoms with van der Waals surface area (Å²) in [5.41, 5.74) is 5.72. The van der Waals surface area contributed by atoms with Crippen LogP contribution in [0.2, 0.25) is 0 Å². The Kier molecular flexibility index (Phi) is 2.90. The third-order valence-electron chi connectivity index (χ3n) is 3.07. The molecule has 2 aliphatic rings. The van der Waals surface area contributed by atoms with E-state index in [0.29, 0.717) is 13.0 Å². The molecule has 0 saturated carbocycles. The van der Waals surface area contributed by atoms with Crippen LogP contribution in [0.4, 0.5) is 0 Å². The van der Waals surface area contributed by atoms with Crippen LogP contribution >= 0.6 is 0 Å². The van der Waals surface area contributed by atoms with Crippen LogP contribution in [-0.2, 0) is 9.59 Å². The van der Waals surface area contributed by atoms with E-state index in [4.69, 9.17) is 5.73 Å². The largest absolute Gasteiger partial charge is 0.340 e. The number of carbonyl (C=O) groups excluding carboxylic acids is 2. The number of hydrogen-bond donors (Lipinski definition) is 1. The molecule has 0 spiro atoms. The van der Waals surface area contributed by atoms with Crippen LogP contribution in [-0.4, -0.2) is 53.8 Å². The van der Waals surface area contributed by atoms with E-state index in [1.165, 1.54) is 0 Å². The summed E-state index contributed by atoms with van der Waals surface area (Å²) in [7, 11) is 0. The van der Waals surface area contributed by atoms with Crippen molar-refractivity contribution in [1.82, 2.24) is 9.80 Å². The molecule has 2 amide bonds. The Morgan fingerprint density at radius 3 is 2.80 bits per heavy atom. The number of carbonyl (C=O) groups is 2. The number of hydrogen-bond acceptors (Lipinski definition) is 3. The maximum atomic E-state index is 11.8. The summed E-state index contributed by atoms with van der Waals surface area (Å²) in [6.07, 6.45) is 2.35. The van der Waals surface area contributed by atoms with Crippen molar-refractivity contribution in [1.29, 1.82) is 0 Å². The summed E-state index contributed by atoms with van der Waals surface area (Å²) in [6, 6.07) is 0.114. The second-order valence-corrected chi connectivity index (χ2v) is 4.31. The van der Waals surface area contributed by atoms with Crippen LogP contribution in [0.5, 0.6) is 0 Å². The summed E-state index contributed by atoms with van der Waals surface area (Å²) < 4.78 is 0. The van der Waals surface area contributed by atoms with Crippen LogP contribution in [0, 0.1) is 0 Å². The highest BCUT2D eigenvalue weighted by Crippen LogP contribution is 2.12. The number of amides is 2. The Morgan fingerprint density at radius 2 is 2.27 bits per heavy atom. The molecule has 0 aromatic heterocycles. The Bertz CT molecular complexity index is 280. The molecular formula is C10H17N3O2. The lowest BCUT2D eigenvalue weighted by atomic mass is 10.3. The van der Waals surface area contributed by atoms with E-state index in [-0.39, 0.29) is 24.4 Å². The molecule has 2 fully saturated rings. The number of nitrogens with two attached hydrogens (primary N) is 1. The fourth-order valence-electron chi connectivity index (χ4n) is 2.15. The molecular weight excluding hydrogens is 194 g/mol. The van der Waals surface area contributed by atoms with Gasteiger partial charge < -0.3 is 15.5 Å². The van der Waals surface area contributed by atoms with Crippen LogP contribution in [0.25, 0.3) is 0 Å². The van der Waals surface area contributed by atoms with Crippen LogP contribution in [0.3, 0.4) is 0 Å². The molecule has 5 heteroatoms. The second kappa shape index (κ2) is 4.18. The topological polar surface area (TPSA) is 66.6 Å². The highest BCUT2D eigenvalue weighted by molar-refractivity contribution is 5.86. The first-order valence-electron chi connectivity index (χ1n) is 5.48. The molecule has 84 valence electrons. The standard InChI is InChI=1S/C10H17N3O2/c11-8-3-5-13(6-8)10(15)7-12-4-1-2-9(12)14/h8H,1-7,11H2. The van der Waals surface area contributed by atoms with Gasteiger partial charge in [-0.15, -0.1) is 0 Å². The first-order valence-corrected chi connectivity index (χ1v) is 5.48. The van der Waals surface area contributed by atoms with E-state index in [2.05, 4.69) is 0 Å². The summed E-state index contributed by atoms with van der Waals surface area (Å²) in [5, 5.41) is 0. The molecule has 5 nitrogen and oxygen atoms in total. The van der Waals surface area contributed by atoms with Crippen molar-refractivity contribution in [3.8, 4) is 0 Å². The quantitative estimate of drug-likeness (QED) is 0.648. The van der Waals surface area contributed by atoms with Gasteiger partial charge in [0.1, 0.15) is 0 Å². The van der Waals surface area contributed by atoms with E-state index in [0.717, 1.165) is 25.9 Å². The lowest BCUT2D eigenvalue weighted by Crippen LogP contribution is -2.40. The summed E-state index contributed by atoms with van der Waals surface area (Å²) in [6.45, 7) is 2.35. The van der Waals surface area contributed by atoms with Crippen molar-refractivity contribution in [3.63, 3.8) is 0 Å². The molecule has 2 saturated heterocycles. The molecule has 0 radical (unpaired) electrons. The lowest BCUT2D eigenvalue weighted by molar-refractivity contribution is -0.137. The molecule has 1 unspecified atom stereocenters. The minimum atomic E-state index is 0.0400. The molecule has 1 atom stereocenters. The molecule has 0 aliphatic carbocycles. The highest BCUT2D eigenvalue weighted by Gasteiger charge is 2.28. The van der Waals surface area contributed by atoms with Crippen molar-refractivity contribution in [3.05, 3.63) is 0 Å². The van der Waals surface area contributed by atoms with Crippen molar-refractivity contribution >= 4 is 11.8 Å². The minimum Gasteiger partial charge on any atom is -0.340 e. The van der Waals surface area contributed by atoms with E-state index in [1.807, 2.05) is 0 Å². The third-order valence-corrected chi connectivity index (χ3v) is 3.07. The molecule has 2 N–H and O–H groups in total. The monoisotopic (exact) mass is 211 g/mol. The van der Waals surface area contributed by atoms with E-state index in [1.54, 1.807) is 9.80 Å². The predicted molar refractivity (Wildman–Crippen MR) is 55.0 cm³/mol. The second-order valence-electron chi connectivity index (χ2n) is 4.31. The summed E-state index contributed by atoms with van der Waals surface area (Å²) >= 11 is 0. The van der Waals surface area contributed by atoms with Gasteiger partial charge in [-0.25, -0.2) is 0 Å². The van der Waals surface area contributed by atoms with Crippen molar-refractivity contribution in [2.24, 2.45) is 5.73 Å². The molecule has 2 rings (SSSR count). The fourth-order valence-corrected chi connectivity index (χ4v) is 2.15.